The number of para-hydroxylation sites is 1. The molecule has 0 spiro atoms. The summed E-state index contributed by atoms with van der Waals surface area (Å²) in [6.45, 7) is 0.964. The number of fused-ring (bicyclic) bond motifs is 1. The molecule has 0 bridgehead atoms. The largest absolute Gasteiger partial charge is 0.325 e. The van der Waals surface area contributed by atoms with E-state index in [-0.39, 0.29) is 18.1 Å². The second-order valence-corrected chi connectivity index (χ2v) is 6.91. The predicted molar refractivity (Wildman–Crippen MR) is 97.1 cm³/mol. The molecule has 0 saturated carbocycles. The number of aryl methyl sites for hydroxylation is 1. The van der Waals surface area contributed by atoms with Gasteiger partial charge in [0.1, 0.15) is 5.82 Å². The Kier molecular flexibility index (Phi) is 4.28. The molecular weight excluding hydrogens is 337 g/mol. The monoisotopic (exact) mass is 353 g/mol. The third-order valence-electron chi connectivity index (χ3n) is 4.06. The van der Waals surface area contributed by atoms with Crippen molar-refractivity contribution in [1.82, 2.24) is 9.55 Å². The summed E-state index contributed by atoms with van der Waals surface area (Å²) in [4.78, 5) is 17.0. The number of rotatable bonds is 4. The lowest BCUT2D eigenvalue weighted by Crippen LogP contribution is -2.15. The zero-order chi connectivity index (χ0) is 17.2. The lowest BCUT2D eigenvalue weighted by atomic mass is 10.1. The number of amides is 1. The van der Waals surface area contributed by atoms with Crippen molar-refractivity contribution < 1.29 is 9.18 Å². The topological polar surface area (TPSA) is 46.9 Å². The Morgan fingerprint density at radius 2 is 2.00 bits per heavy atom. The lowest BCUT2D eigenvalue weighted by Gasteiger charge is -2.10. The second-order valence-electron chi connectivity index (χ2n) is 5.85. The number of hydrogen-bond donors (Lipinski definition) is 1. The van der Waals surface area contributed by atoms with Crippen LogP contribution < -0.4 is 5.32 Å². The van der Waals surface area contributed by atoms with Crippen molar-refractivity contribution in [3.63, 3.8) is 0 Å². The van der Waals surface area contributed by atoms with Crippen LogP contribution in [0.5, 0.6) is 0 Å². The molecule has 0 saturated heterocycles. The van der Waals surface area contributed by atoms with Crippen molar-refractivity contribution in [2.75, 3.05) is 11.1 Å². The molecule has 4 rings (SSSR count). The Labute approximate surface area is 149 Å². The van der Waals surface area contributed by atoms with Crippen molar-refractivity contribution in [2.24, 2.45) is 0 Å². The van der Waals surface area contributed by atoms with Gasteiger partial charge in [-0.15, -0.1) is 0 Å². The van der Waals surface area contributed by atoms with Crippen molar-refractivity contribution in [2.45, 2.75) is 18.1 Å². The van der Waals surface area contributed by atoms with Crippen LogP contribution in [0.1, 0.15) is 5.56 Å². The summed E-state index contributed by atoms with van der Waals surface area (Å²) in [5.74, 6) is 0.610. The number of nitrogens with one attached hydrogen (secondary N) is 1. The maximum atomic E-state index is 13.0. The van der Waals surface area contributed by atoms with Crippen LogP contribution in [-0.2, 0) is 17.8 Å². The van der Waals surface area contributed by atoms with Gasteiger partial charge in [0, 0.05) is 24.1 Å². The number of carbonyl (C=O) groups excluding carboxylic acids is 1. The van der Waals surface area contributed by atoms with Gasteiger partial charge in [-0.1, -0.05) is 42.1 Å². The first kappa shape index (κ1) is 15.9. The molecule has 4 nitrogen and oxygen atoms in total. The van der Waals surface area contributed by atoms with Crippen molar-refractivity contribution >= 4 is 23.4 Å². The Morgan fingerprint density at radius 3 is 2.80 bits per heavy atom. The van der Waals surface area contributed by atoms with Crippen LogP contribution in [-0.4, -0.2) is 21.2 Å². The van der Waals surface area contributed by atoms with Gasteiger partial charge in [-0.05, 0) is 23.8 Å². The summed E-state index contributed by atoms with van der Waals surface area (Å²) in [5.41, 5.74) is 3.27. The third-order valence-corrected chi connectivity index (χ3v) is 5.03. The molecule has 3 aromatic rings. The fraction of sp³-hybridized carbons (Fsp3) is 0.158. The van der Waals surface area contributed by atoms with Crippen LogP contribution in [0.3, 0.4) is 0 Å². The molecular formula is C19H16FN3OS. The van der Waals surface area contributed by atoms with E-state index in [9.17, 15) is 9.18 Å². The van der Waals surface area contributed by atoms with Crippen molar-refractivity contribution in [3.8, 4) is 11.3 Å². The van der Waals surface area contributed by atoms with Gasteiger partial charge in [-0.3, -0.25) is 4.79 Å². The Morgan fingerprint density at radius 1 is 1.20 bits per heavy atom. The van der Waals surface area contributed by atoms with Crippen LogP contribution in [0.2, 0.25) is 0 Å². The SMILES string of the molecule is O=C(Cc1ccc(F)cc1)Nc1ccccc1-c1cn2c(n1)SCC2. The van der Waals surface area contributed by atoms with E-state index >= 15 is 0 Å². The maximum Gasteiger partial charge on any atom is 0.228 e. The molecule has 1 aliphatic heterocycles. The maximum absolute atomic E-state index is 13.0. The minimum atomic E-state index is -0.305. The number of nitrogens with zero attached hydrogens (tertiary/aromatic N) is 2. The van der Waals surface area contributed by atoms with Gasteiger partial charge in [0.25, 0.3) is 0 Å². The second kappa shape index (κ2) is 6.72. The summed E-state index contributed by atoms with van der Waals surface area (Å²) in [7, 11) is 0. The number of benzene rings is 2. The highest BCUT2D eigenvalue weighted by Crippen LogP contribution is 2.32. The quantitative estimate of drug-likeness (QED) is 0.772. The minimum Gasteiger partial charge on any atom is -0.325 e. The lowest BCUT2D eigenvalue weighted by molar-refractivity contribution is -0.115. The molecule has 0 unspecified atom stereocenters. The zero-order valence-corrected chi connectivity index (χ0v) is 14.2. The van der Waals surface area contributed by atoms with E-state index in [4.69, 9.17) is 0 Å². The predicted octanol–water partition coefficient (Wildman–Crippen LogP) is 3.98. The van der Waals surface area contributed by atoms with Gasteiger partial charge >= 0.3 is 0 Å². The average molecular weight is 353 g/mol. The fourth-order valence-electron chi connectivity index (χ4n) is 2.84. The molecule has 126 valence electrons. The summed E-state index contributed by atoms with van der Waals surface area (Å²) in [5, 5.41) is 3.96. The van der Waals surface area contributed by atoms with E-state index in [2.05, 4.69) is 14.9 Å². The summed E-state index contributed by atoms with van der Waals surface area (Å²) >= 11 is 1.74. The molecule has 0 fully saturated rings. The van der Waals surface area contributed by atoms with E-state index in [0.717, 1.165) is 40.0 Å². The first-order valence-corrected chi connectivity index (χ1v) is 9.01. The highest BCUT2D eigenvalue weighted by Gasteiger charge is 2.17. The van der Waals surface area contributed by atoms with E-state index < -0.39 is 0 Å². The Balaban J connectivity index is 1.54. The van der Waals surface area contributed by atoms with Crippen molar-refractivity contribution in [3.05, 3.63) is 66.1 Å². The molecule has 0 aliphatic carbocycles. The zero-order valence-electron chi connectivity index (χ0n) is 13.4. The van der Waals surface area contributed by atoms with Gasteiger partial charge in [-0.25, -0.2) is 9.37 Å². The Hall–Kier alpha value is -2.60. The van der Waals surface area contributed by atoms with Gasteiger partial charge in [-0.2, -0.15) is 0 Å². The van der Waals surface area contributed by atoms with Crippen LogP contribution in [0.25, 0.3) is 11.3 Å². The van der Waals surface area contributed by atoms with E-state index in [1.807, 2.05) is 30.5 Å². The van der Waals surface area contributed by atoms with Crippen LogP contribution in [0, 0.1) is 5.82 Å². The number of anilines is 1. The molecule has 0 atom stereocenters. The number of hydrogen-bond acceptors (Lipinski definition) is 3. The molecule has 1 aromatic heterocycles. The van der Waals surface area contributed by atoms with Gasteiger partial charge in [0.2, 0.25) is 5.91 Å². The number of carbonyl (C=O) groups is 1. The number of imidazole rings is 1. The Bertz CT molecular complexity index is 899. The van der Waals surface area contributed by atoms with Gasteiger partial charge in [0.15, 0.2) is 5.16 Å². The molecule has 1 aliphatic rings. The highest BCUT2D eigenvalue weighted by atomic mass is 32.2. The minimum absolute atomic E-state index is 0.139. The number of halogens is 1. The third kappa shape index (κ3) is 3.44. The average Bonchev–Trinajstić information content (AvgIpc) is 3.19. The molecule has 2 aromatic carbocycles. The summed E-state index contributed by atoms with van der Waals surface area (Å²) < 4.78 is 15.1. The standard InChI is InChI=1S/C19H16FN3OS/c20-14-7-5-13(6-8-14)11-18(24)21-16-4-2-1-3-15(16)17-12-23-9-10-25-19(23)22-17/h1-8,12H,9-11H2,(H,21,24). The summed E-state index contributed by atoms with van der Waals surface area (Å²) in [6.07, 6.45) is 2.23. The van der Waals surface area contributed by atoms with Gasteiger partial charge in [0.05, 0.1) is 17.8 Å². The highest BCUT2D eigenvalue weighted by molar-refractivity contribution is 7.99. The fourth-order valence-corrected chi connectivity index (χ4v) is 3.78. The van der Waals surface area contributed by atoms with Crippen LogP contribution >= 0.6 is 11.8 Å². The van der Waals surface area contributed by atoms with E-state index in [1.54, 1.807) is 23.9 Å². The van der Waals surface area contributed by atoms with E-state index in [0.29, 0.717) is 0 Å². The van der Waals surface area contributed by atoms with Gasteiger partial charge < -0.3 is 9.88 Å². The number of aromatic nitrogens is 2. The molecule has 0 radical (unpaired) electrons. The van der Waals surface area contributed by atoms with Crippen LogP contribution in [0.15, 0.2) is 59.9 Å². The molecule has 1 N–H and O–H groups in total. The van der Waals surface area contributed by atoms with Crippen molar-refractivity contribution in [1.29, 1.82) is 0 Å². The molecule has 25 heavy (non-hydrogen) atoms. The first-order valence-electron chi connectivity index (χ1n) is 8.03. The van der Waals surface area contributed by atoms with Crippen LogP contribution in [0.4, 0.5) is 10.1 Å². The molecule has 1 amide bonds. The number of thioether (sulfide) groups is 1. The first-order chi connectivity index (χ1) is 12.2. The smallest absolute Gasteiger partial charge is 0.228 e. The molecule has 6 heteroatoms. The van der Waals surface area contributed by atoms with E-state index in [1.165, 1.54) is 12.1 Å². The normalized spacial score (nSPS) is 12.8. The molecule has 2 heterocycles. The summed E-state index contributed by atoms with van der Waals surface area (Å²) in [6, 6.07) is 13.6.